The van der Waals surface area contributed by atoms with Crippen molar-refractivity contribution in [2.45, 2.75) is 19.8 Å². The molecule has 2 rings (SSSR count). The normalized spacial score (nSPS) is 11.2. The highest BCUT2D eigenvalue weighted by atomic mass is 32.1. The van der Waals surface area contributed by atoms with Gasteiger partial charge in [0.15, 0.2) is 5.96 Å². The molecule has 0 aliphatic carbocycles. The molecule has 0 saturated carbocycles. The fraction of sp³-hybridized carbons (Fsp3) is 0.389. The summed E-state index contributed by atoms with van der Waals surface area (Å²) in [5.41, 5.74) is 0.686. The SMILES string of the molecule is CN=C(NCCCNC(=O)c1ccccc1)NCCc1ncc(C)s1. The van der Waals surface area contributed by atoms with E-state index in [2.05, 4.69) is 32.9 Å². The average molecular weight is 359 g/mol. The Hall–Kier alpha value is -2.41. The monoisotopic (exact) mass is 359 g/mol. The van der Waals surface area contributed by atoms with E-state index in [9.17, 15) is 4.79 Å². The molecule has 0 saturated heterocycles. The first-order chi connectivity index (χ1) is 12.2. The molecule has 0 fully saturated rings. The van der Waals surface area contributed by atoms with E-state index < -0.39 is 0 Å². The number of benzene rings is 1. The van der Waals surface area contributed by atoms with Crippen LogP contribution < -0.4 is 16.0 Å². The van der Waals surface area contributed by atoms with E-state index >= 15 is 0 Å². The summed E-state index contributed by atoms with van der Waals surface area (Å²) in [6, 6.07) is 9.24. The molecule has 1 aromatic carbocycles. The maximum Gasteiger partial charge on any atom is 0.251 e. The van der Waals surface area contributed by atoms with Crippen LogP contribution in [0, 0.1) is 6.92 Å². The molecule has 0 aliphatic heterocycles. The number of amides is 1. The first-order valence-corrected chi connectivity index (χ1v) is 9.20. The summed E-state index contributed by atoms with van der Waals surface area (Å²) in [4.78, 5) is 21.7. The minimum Gasteiger partial charge on any atom is -0.356 e. The van der Waals surface area contributed by atoms with Gasteiger partial charge in [0.25, 0.3) is 5.91 Å². The molecule has 0 spiro atoms. The number of carbonyl (C=O) groups excluding carboxylic acids is 1. The Morgan fingerprint density at radius 3 is 2.52 bits per heavy atom. The van der Waals surface area contributed by atoms with E-state index in [-0.39, 0.29) is 5.91 Å². The van der Waals surface area contributed by atoms with Crippen molar-refractivity contribution in [2.75, 3.05) is 26.7 Å². The molecular weight excluding hydrogens is 334 g/mol. The van der Waals surface area contributed by atoms with Gasteiger partial charge in [-0.05, 0) is 25.5 Å². The molecule has 0 aliphatic rings. The van der Waals surface area contributed by atoms with Crippen LogP contribution in [0.1, 0.15) is 26.7 Å². The molecule has 1 amide bonds. The van der Waals surface area contributed by atoms with Gasteiger partial charge in [-0.25, -0.2) is 4.98 Å². The molecule has 1 heterocycles. The number of hydrogen-bond donors (Lipinski definition) is 3. The number of aryl methyl sites for hydroxylation is 1. The second-order valence-electron chi connectivity index (χ2n) is 5.52. The highest BCUT2D eigenvalue weighted by Gasteiger charge is 2.03. The van der Waals surface area contributed by atoms with Gasteiger partial charge in [-0.2, -0.15) is 0 Å². The molecular formula is C18H25N5OS. The Morgan fingerprint density at radius 1 is 1.12 bits per heavy atom. The van der Waals surface area contributed by atoms with Crippen LogP contribution in [0.5, 0.6) is 0 Å². The number of nitrogens with zero attached hydrogens (tertiary/aromatic N) is 2. The second-order valence-corrected chi connectivity index (χ2v) is 6.84. The molecule has 134 valence electrons. The van der Waals surface area contributed by atoms with Crippen LogP contribution in [0.4, 0.5) is 0 Å². The second kappa shape index (κ2) is 10.5. The minimum absolute atomic E-state index is 0.0400. The zero-order valence-electron chi connectivity index (χ0n) is 14.7. The van der Waals surface area contributed by atoms with E-state index in [1.807, 2.05) is 36.5 Å². The molecule has 0 radical (unpaired) electrons. The van der Waals surface area contributed by atoms with Crippen LogP contribution in [0.15, 0.2) is 41.5 Å². The Bertz CT molecular complexity index is 684. The first kappa shape index (κ1) is 18.9. The predicted molar refractivity (Wildman–Crippen MR) is 103 cm³/mol. The van der Waals surface area contributed by atoms with Gasteiger partial charge >= 0.3 is 0 Å². The number of hydrogen-bond acceptors (Lipinski definition) is 4. The fourth-order valence-corrected chi connectivity index (χ4v) is 3.00. The first-order valence-electron chi connectivity index (χ1n) is 8.38. The minimum atomic E-state index is -0.0400. The van der Waals surface area contributed by atoms with Crippen molar-refractivity contribution in [3.8, 4) is 0 Å². The van der Waals surface area contributed by atoms with Crippen LogP contribution in [0.2, 0.25) is 0 Å². The number of aromatic nitrogens is 1. The van der Waals surface area contributed by atoms with Crippen molar-refractivity contribution < 1.29 is 4.79 Å². The largest absolute Gasteiger partial charge is 0.356 e. The number of guanidine groups is 1. The van der Waals surface area contributed by atoms with E-state index in [4.69, 9.17) is 0 Å². The third-order valence-corrected chi connectivity index (χ3v) is 4.46. The van der Waals surface area contributed by atoms with E-state index in [1.165, 1.54) is 4.88 Å². The lowest BCUT2D eigenvalue weighted by molar-refractivity contribution is 0.0953. The summed E-state index contributed by atoms with van der Waals surface area (Å²) in [5, 5.41) is 10.6. The number of thiazole rings is 1. The van der Waals surface area contributed by atoms with Crippen molar-refractivity contribution in [1.29, 1.82) is 0 Å². The topological polar surface area (TPSA) is 78.4 Å². The predicted octanol–water partition coefficient (Wildman–Crippen LogP) is 1.98. The molecule has 0 unspecified atom stereocenters. The summed E-state index contributed by atoms with van der Waals surface area (Å²) < 4.78 is 0. The van der Waals surface area contributed by atoms with Gasteiger partial charge in [0, 0.05) is 49.7 Å². The lowest BCUT2D eigenvalue weighted by Gasteiger charge is -2.11. The Kier molecular flexibility index (Phi) is 7.91. The average Bonchev–Trinajstić information content (AvgIpc) is 3.05. The third-order valence-electron chi connectivity index (χ3n) is 3.49. The highest BCUT2D eigenvalue weighted by molar-refractivity contribution is 7.11. The van der Waals surface area contributed by atoms with E-state index in [1.54, 1.807) is 18.4 Å². The maximum absolute atomic E-state index is 11.9. The van der Waals surface area contributed by atoms with Gasteiger partial charge in [-0.3, -0.25) is 9.79 Å². The van der Waals surface area contributed by atoms with Gasteiger partial charge in [0.1, 0.15) is 0 Å². The molecule has 3 N–H and O–H groups in total. The number of carbonyl (C=O) groups is 1. The van der Waals surface area contributed by atoms with Crippen molar-refractivity contribution in [3.05, 3.63) is 52.0 Å². The zero-order valence-corrected chi connectivity index (χ0v) is 15.5. The molecule has 25 heavy (non-hydrogen) atoms. The van der Waals surface area contributed by atoms with Crippen molar-refractivity contribution in [3.63, 3.8) is 0 Å². The summed E-state index contributed by atoms with van der Waals surface area (Å²) in [7, 11) is 1.75. The fourth-order valence-electron chi connectivity index (χ4n) is 2.21. The Morgan fingerprint density at radius 2 is 1.84 bits per heavy atom. The Balaban J connectivity index is 1.57. The lowest BCUT2D eigenvalue weighted by atomic mass is 10.2. The molecule has 7 heteroatoms. The molecule has 0 bridgehead atoms. The van der Waals surface area contributed by atoms with Crippen molar-refractivity contribution in [1.82, 2.24) is 20.9 Å². The third kappa shape index (κ3) is 6.93. The number of rotatable bonds is 8. The van der Waals surface area contributed by atoms with Gasteiger partial charge in [-0.15, -0.1) is 11.3 Å². The highest BCUT2D eigenvalue weighted by Crippen LogP contribution is 2.10. The quantitative estimate of drug-likeness (QED) is 0.383. The molecule has 6 nitrogen and oxygen atoms in total. The van der Waals surface area contributed by atoms with Crippen LogP contribution in [0.3, 0.4) is 0 Å². The van der Waals surface area contributed by atoms with E-state index in [0.717, 1.165) is 36.9 Å². The van der Waals surface area contributed by atoms with E-state index in [0.29, 0.717) is 12.1 Å². The van der Waals surface area contributed by atoms with Crippen molar-refractivity contribution in [2.24, 2.45) is 4.99 Å². The van der Waals surface area contributed by atoms with Crippen LogP contribution in [-0.4, -0.2) is 43.5 Å². The number of nitrogens with one attached hydrogen (secondary N) is 3. The zero-order chi connectivity index (χ0) is 17.9. The maximum atomic E-state index is 11.9. The van der Waals surface area contributed by atoms with Crippen LogP contribution in [0.25, 0.3) is 0 Å². The van der Waals surface area contributed by atoms with Crippen LogP contribution in [-0.2, 0) is 6.42 Å². The standard InChI is InChI=1S/C18H25N5OS/c1-14-13-23-16(25-14)9-12-22-18(19-2)21-11-6-10-20-17(24)15-7-4-3-5-8-15/h3-5,7-8,13H,6,9-12H2,1-2H3,(H,20,24)(H2,19,21,22). The van der Waals surface area contributed by atoms with Gasteiger partial charge in [0.05, 0.1) is 5.01 Å². The summed E-state index contributed by atoms with van der Waals surface area (Å²) in [6.07, 6.45) is 3.61. The summed E-state index contributed by atoms with van der Waals surface area (Å²) in [6.45, 7) is 4.21. The molecule has 0 atom stereocenters. The van der Waals surface area contributed by atoms with Gasteiger partial charge < -0.3 is 16.0 Å². The smallest absolute Gasteiger partial charge is 0.251 e. The van der Waals surface area contributed by atoms with Gasteiger partial charge in [-0.1, -0.05) is 18.2 Å². The lowest BCUT2D eigenvalue weighted by Crippen LogP contribution is -2.39. The molecule has 1 aromatic heterocycles. The summed E-state index contributed by atoms with van der Waals surface area (Å²) >= 11 is 1.72. The number of aliphatic imine (C=N–C) groups is 1. The van der Waals surface area contributed by atoms with Gasteiger partial charge in [0.2, 0.25) is 0 Å². The van der Waals surface area contributed by atoms with Crippen LogP contribution >= 0.6 is 11.3 Å². The summed E-state index contributed by atoms with van der Waals surface area (Å²) in [5.74, 6) is 0.726. The Labute approximate surface area is 152 Å². The van der Waals surface area contributed by atoms with Crippen molar-refractivity contribution >= 4 is 23.2 Å². The molecule has 2 aromatic rings.